The number of alkyl halides is 3. The van der Waals surface area contributed by atoms with Crippen LogP contribution in [-0.2, 0) is 32.3 Å². The number of nitro benzene ring substituents is 1. The van der Waals surface area contributed by atoms with Gasteiger partial charge in [-0.25, -0.2) is 4.89 Å². The Bertz CT molecular complexity index is 1060. The molecule has 0 unspecified atom stereocenters. The monoisotopic (exact) mass is 484 g/mol. The predicted octanol–water partition coefficient (Wildman–Crippen LogP) is 4.75. The Labute approximate surface area is 180 Å². The minimum atomic E-state index is -4.59. The van der Waals surface area contributed by atoms with Crippen LogP contribution in [0.4, 0.5) is 18.9 Å². The van der Waals surface area contributed by atoms with Gasteiger partial charge in [-0.05, 0) is 44.2 Å². The molecule has 0 amide bonds. The third-order valence-electron chi connectivity index (χ3n) is 3.47. The van der Waals surface area contributed by atoms with E-state index in [-0.39, 0.29) is 22.1 Å². The van der Waals surface area contributed by atoms with Gasteiger partial charge in [0.1, 0.15) is 18.1 Å². The van der Waals surface area contributed by atoms with Crippen molar-refractivity contribution in [2.75, 3.05) is 0 Å². The largest absolute Gasteiger partial charge is 0.456 e. The van der Waals surface area contributed by atoms with Crippen molar-refractivity contribution in [2.24, 2.45) is 0 Å². The van der Waals surface area contributed by atoms with E-state index in [1.807, 2.05) is 0 Å². The fourth-order valence-electron chi connectivity index (χ4n) is 2.27. The van der Waals surface area contributed by atoms with Crippen LogP contribution in [-0.4, -0.2) is 19.4 Å². The van der Waals surface area contributed by atoms with Gasteiger partial charge in [-0.1, -0.05) is 15.9 Å². The Kier molecular flexibility index (Phi) is 7.83. The van der Waals surface area contributed by atoms with E-state index >= 15 is 0 Å². The Morgan fingerprint density at radius 1 is 1.19 bits per heavy atom. The lowest BCUT2D eigenvalue weighted by molar-refractivity contribution is -0.386. The first-order valence-electron chi connectivity index (χ1n) is 8.44. The molecular formula is C17H16ClF3N2O7S. The zero-order chi connectivity index (χ0) is 23.4. The fourth-order valence-corrected chi connectivity index (χ4v) is 3.28. The van der Waals surface area contributed by atoms with Crippen molar-refractivity contribution in [3.05, 3.63) is 62.7 Å². The van der Waals surface area contributed by atoms with E-state index in [0.29, 0.717) is 6.07 Å². The molecule has 0 spiro atoms. The molecule has 0 aliphatic heterocycles. The lowest BCUT2D eigenvalue weighted by atomic mass is 10.2. The molecule has 0 aromatic heterocycles. The molecule has 0 atom stereocenters. The summed E-state index contributed by atoms with van der Waals surface area (Å²) in [6.07, 6.45) is -4.59. The Hall–Kier alpha value is -2.45. The number of ether oxygens (including phenoxy) is 1. The van der Waals surface area contributed by atoms with E-state index < -0.39 is 45.3 Å². The highest BCUT2D eigenvalue weighted by molar-refractivity contribution is 7.84. The molecule has 0 aliphatic rings. The normalized spacial score (nSPS) is 12.2. The molecule has 2 aromatic rings. The zero-order valence-corrected chi connectivity index (χ0v) is 17.5. The average molecular weight is 485 g/mol. The summed E-state index contributed by atoms with van der Waals surface area (Å²) in [5.74, 6) is -0.149. The van der Waals surface area contributed by atoms with Crippen LogP contribution in [0.5, 0.6) is 11.5 Å². The number of nitrogens with one attached hydrogen (secondary N) is 1. The van der Waals surface area contributed by atoms with E-state index in [9.17, 15) is 31.7 Å². The van der Waals surface area contributed by atoms with Crippen LogP contribution >= 0.6 is 11.6 Å². The summed E-state index contributed by atoms with van der Waals surface area (Å²) in [6.45, 7) is 2.44. The molecule has 14 heteroatoms. The first-order valence-corrected chi connectivity index (χ1v) is 10.2. The molecule has 9 nitrogen and oxygen atoms in total. The second kappa shape index (κ2) is 9.78. The van der Waals surface area contributed by atoms with Crippen molar-refractivity contribution >= 4 is 27.6 Å². The van der Waals surface area contributed by atoms with E-state index in [4.69, 9.17) is 16.3 Å². The van der Waals surface area contributed by atoms with Crippen LogP contribution in [0.1, 0.15) is 25.0 Å². The van der Waals surface area contributed by atoms with E-state index in [1.165, 1.54) is 6.07 Å². The number of halogens is 4. The van der Waals surface area contributed by atoms with Crippen molar-refractivity contribution in [1.29, 1.82) is 0 Å². The second-order valence-electron chi connectivity index (χ2n) is 6.35. The topological polar surface area (TPSA) is 117 Å². The maximum atomic E-state index is 12.7. The molecule has 0 radical (unpaired) electrons. The summed E-state index contributed by atoms with van der Waals surface area (Å²) in [5, 5.41) is 10.9. The van der Waals surface area contributed by atoms with Gasteiger partial charge < -0.3 is 4.74 Å². The SMILES string of the molecule is CC(C)NS(=O)(=O)OOCc1cc(Oc2ccc(C(F)(F)F)cc2Cl)ccc1[N+](=O)[O-]. The van der Waals surface area contributed by atoms with Crippen LogP contribution in [0.2, 0.25) is 5.02 Å². The summed E-state index contributed by atoms with van der Waals surface area (Å²) in [4.78, 5) is 15.0. The van der Waals surface area contributed by atoms with Crippen LogP contribution in [0.3, 0.4) is 0 Å². The minimum absolute atomic E-state index is 0.0194. The zero-order valence-electron chi connectivity index (χ0n) is 16.0. The Morgan fingerprint density at radius 2 is 1.87 bits per heavy atom. The molecule has 0 fully saturated rings. The number of nitro groups is 1. The van der Waals surface area contributed by atoms with Gasteiger partial charge >= 0.3 is 16.5 Å². The first-order chi connectivity index (χ1) is 14.3. The van der Waals surface area contributed by atoms with Gasteiger partial charge in [0.15, 0.2) is 0 Å². The van der Waals surface area contributed by atoms with Gasteiger partial charge in [0.2, 0.25) is 0 Å². The molecule has 31 heavy (non-hydrogen) atoms. The molecule has 2 aromatic carbocycles. The number of nitrogens with zero attached hydrogens (tertiary/aromatic N) is 1. The molecule has 2 rings (SSSR count). The average Bonchev–Trinajstić information content (AvgIpc) is 2.61. The maximum Gasteiger partial charge on any atom is 0.416 e. The summed E-state index contributed by atoms with van der Waals surface area (Å²) in [7, 11) is -4.25. The molecule has 170 valence electrons. The van der Waals surface area contributed by atoms with Gasteiger partial charge in [0.25, 0.3) is 5.69 Å². The van der Waals surface area contributed by atoms with Crippen LogP contribution < -0.4 is 9.46 Å². The molecular weight excluding hydrogens is 469 g/mol. The van der Waals surface area contributed by atoms with Crippen LogP contribution in [0, 0.1) is 10.1 Å². The standard InChI is InChI=1S/C17H16ClF3N2O7S/c1-10(2)22-31(26,27)30-28-9-11-7-13(4-5-15(11)23(24)25)29-16-6-3-12(8-14(16)18)17(19,20)21/h3-8,10,22H,9H2,1-2H3. The van der Waals surface area contributed by atoms with Crippen molar-refractivity contribution < 1.29 is 40.5 Å². The van der Waals surface area contributed by atoms with Crippen molar-refractivity contribution in [3.8, 4) is 11.5 Å². The summed E-state index contributed by atoms with van der Waals surface area (Å²) >= 11 is 5.83. The highest BCUT2D eigenvalue weighted by Crippen LogP contribution is 2.37. The molecule has 0 heterocycles. The summed E-state index contributed by atoms with van der Waals surface area (Å²) < 4.78 is 73.1. The smallest absolute Gasteiger partial charge is 0.416 e. The highest BCUT2D eigenvalue weighted by Gasteiger charge is 2.31. The number of rotatable bonds is 9. The van der Waals surface area contributed by atoms with Crippen molar-refractivity contribution in [1.82, 2.24) is 4.72 Å². The molecule has 1 N–H and O–H groups in total. The Balaban J connectivity index is 2.21. The van der Waals surface area contributed by atoms with Crippen LogP contribution in [0.25, 0.3) is 0 Å². The second-order valence-corrected chi connectivity index (χ2v) is 8.04. The van der Waals surface area contributed by atoms with Crippen molar-refractivity contribution in [3.63, 3.8) is 0 Å². The van der Waals surface area contributed by atoms with Gasteiger partial charge in [-0.15, -0.1) is 0 Å². The lowest BCUT2D eigenvalue weighted by Crippen LogP contribution is -2.31. The quantitative estimate of drug-likeness (QED) is 0.310. The van der Waals surface area contributed by atoms with E-state index in [2.05, 4.69) is 13.9 Å². The Morgan fingerprint density at radius 3 is 2.42 bits per heavy atom. The first kappa shape index (κ1) is 24.8. The van der Waals surface area contributed by atoms with Gasteiger partial charge in [0, 0.05) is 12.1 Å². The van der Waals surface area contributed by atoms with Gasteiger partial charge in [0.05, 0.1) is 21.1 Å². The summed E-state index contributed by atoms with van der Waals surface area (Å²) in [6, 6.07) is 5.33. The van der Waals surface area contributed by atoms with Gasteiger partial charge in [-0.3, -0.25) is 10.1 Å². The number of benzene rings is 2. The maximum absolute atomic E-state index is 12.7. The lowest BCUT2D eigenvalue weighted by Gasteiger charge is -2.12. The van der Waals surface area contributed by atoms with E-state index in [1.54, 1.807) is 13.8 Å². The molecule has 0 aliphatic carbocycles. The fraction of sp³-hybridized carbons (Fsp3) is 0.294. The number of hydrogen-bond acceptors (Lipinski definition) is 7. The van der Waals surface area contributed by atoms with Crippen LogP contribution in [0.15, 0.2) is 36.4 Å². The molecule has 0 saturated heterocycles. The third kappa shape index (κ3) is 7.33. The predicted molar refractivity (Wildman–Crippen MR) is 103 cm³/mol. The molecule has 0 bridgehead atoms. The van der Waals surface area contributed by atoms with E-state index in [0.717, 1.165) is 24.3 Å². The highest BCUT2D eigenvalue weighted by atomic mass is 35.5. The number of hydrogen-bond donors (Lipinski definition) is 1. The third-order valence-corrected chi connectivity index (χ3v) is 4.80. The van der Waals surface area contributed by atoms with Gasteiger partial charge in [-0.2, -0.15) is 26.3 Å². The molecule has 0 saturated carbocycles. The van der Waals surface area contributed by atoms with Crippen molar-refractivity contribution in [2.45, 2.75) is 32.7 Å². The minimum Gasteiger partial charge on any atom is -0.456 e. The summed E-state index contributed by atoms with van der Waals surface area (Å²) in [5.41, 5.74) is -1.52.